The predicted octanol–water partition coefficient (Wildman–Crippen LogP) is 2.77. The van der Waals surface area contributed by atoms with Crippen molar-refractivity contribution in [3.8, 4) is 17.2 Å². The summed E-state index contributed by atoms with van der Waals surface area (Å²) in [5.74, 6) is -0.397. The molecule has 0 aromatic heterocycles. The molecule has 0 aliphatic rings. The summed E-state index contributed by atoms with van der Waals surface area (Å²) in [7, 11) is 1.32. The average Bonchev–Trinajstić information content (AvgIpc) is 2.56. The van der Waals surface area contributed by atoms with Crippen LogP contribution in [0.25, 0.3) is 0 Å². The molecule has 24 heavy (non-hydrogen) atoms. The minimum absolute atomic E-state index is 0.0493. The highest BCUT2D eigenvalue weighted by Gasteiger charge is 2.10. The molecule has 0 saturated heterocycles. The van der Waals surface area contributed by atoms with Crippen molar-refractivity contribution in [3.05, 3.63) is 53.6 Å². The largest absolute Gasteiger partial charge is 0.508 e. The molecule has 0 spiro atoms. The Hall–Kier alpha value is -3.16. The van der Waals surface area contributed by atoms with Gasteiger partial charge in [0.05, 0.1) is 13.3 Å². The van der Waals surface area contributed by atoms with E-state index in [0.717, 1.165) is 0 Å². The molecule has 0 saturated carbocycles. The zero-order chi connectivity index (χ0) is 17.5. The first kappa shape index (κ1) is 17.2. The Labute approximate surface area is 136 Å². The van der Waals surface area contributed by atoms with E-state index in [-0.39, 0.29) is 17.2 Å². The SMILES string of the molecule is COc1cc(C=NNC(=O)c2ccc(O)cc2)ccc1OC(F)F. The Balaban J connectivity index is 2.03. The third kappa shape index (κ3) is 4.67. The molecule has 126 valence electrons. The molecule has 2 rings (SSSR count). The van der Waals surface area contributed by atoms with Crippen LogP contribution in [0.5, 0.6) is 17.2 Å². The molecule has 2 N–H and O–H groups in total. The predicted molar refractivity (Wildman–Crippen MR) is 82.8 cm³/mol. The molecule has 0 bridgehead atoms. The van der Waals surface area contributed by atoms with E-state index in [9.17, 15) is 13.6 Å². The minimum atomic E-state index is -2.96. The summed E-state index contributed by atoms with van der Waals surface area (Å²) in [6.45, 7) is -2.96. The lowest BCUT2D eigenvalue weighted by Gasteiger charge is -2.09. The van der Waals surface area contributed by atoms with Gasteiger partial charge in [-0.05, 0) is 48.0 Å². The third-order valence-electron chi connectivity index (χ3n) is 2.91. The second kappa shape index (κ2) is 7.91. The van der Waals surface area contributed by atoms with Gasteiger partial charge in [0, 0.05) is 5.56 Å². The maximum atomic E-state index is 12.2. The Morgan fingerprint density at radius 1 is 1.21 bits per heavy atom. The fourth-order valence-electron chi connectivity index (χ4n) is 1.80. The van der Waals surface area contributed by atoms with Gasteiger partial charge >= 0.3 is 6.61 Å². The first-order chi connectivity index (χ1) is 11.5. The average molecular weight is 336 g/mol. The summed E-state index contributed by atoms with van der Waals surface area (Å²) in [4.78, 5) is 11.8. The van der Waals surface area contributed by atoms with Gasteiger partial charge in [0.2, 0.25) is 0 Å². The van der Waals surface area contributed by atoms with E-state index in [2.05, 4.69) is 15.3 Å². The number of amides is 1. The number of rotatable bonds is 6. The molecule has 8 heteroatoms. The van der Waals surface area contributed by atoms with E-state index in [4.69, 9.17) is 9.84 Å². The number of carbonyl (C=O) groups excluding carboxylic acids is 1. The molecule has 0 fully saturated rings. The number of alkyl halides is 2. The summed E-state index contributed by atoms with van der Waals surface area (Å²) >= 11 is 0. The van der Waals surface area contributed by atoms with Gasteiger partial charge in [-0.3, -0.25) is 4.79 Å². The topological polar surface area (TPSA) is 80.2 Å². The number of hydrogen-bond acceptors (Lipinski definition) is 5. The molecule has 0 aliphatic heterocycles. The van der Waals surface area contributed by atoms with Gasteiger partial charge in [-0.2, -0.15) is 13.9 Å². The molecule has 6 nitrogen and oxygen atoms in total. The van der Waals surface area contributed by atoms with Crippen molar-refractivity contribution in [2.75, 3.05) is 7.11 Å². The highest BCUT2D eigenvalue weighted by atomic mass is 19.3. The van der Waals surface area contributed by atoms with Crippen LogP contribution in [0.2, 0.25) is 0 Å². The van der Waals surface area contributed by atoms with Gasteiger partial charge < -0.3 is 14.6 Å². The highest BCUT2D eigenvalue weighted by molar-refractivity contribution is 5.95. The number of phenolic OH excluding ortho intramolecular Hbond substituents is 1. The number of ether oxygens (including phenoxy) is 2. The number of hydrogen-bond donors (Lipinski definition) is 2. The van der Waals surface area contributed by atoms with Gasteiger partial charge in [0.15, 0.2) is 11.5 Å². The van der Waals surface area contributed by atoms with Crippen molar-refractivity contribution in [2.45, 2.75) is 6.61 Å². The van der Waals surface area contributed by atoms with Gasteiger partial charge in [0.1, 0.15) is 5.75 Å². The van der Waals surface area contributed by atoms with Crippen LogP contribution in [0.1, 0.15) is 15.9 Å². The van der Waals surface area contributed by atoms with Crippen molar-refractivity contribution in [1.82, 2.24) is 5.43 Å². The summed E-state index contributed by atoms with van der Waals surface area (Å²) in [6.07, 6.45) is 1.33. The van der Waals surface area contributed by atoms with Gasteiger partial charge in [-0.15, -0.1) is 0 Å². The Morgan fingerprint density at radius 3 is 2.54 bits per heavy atom. The Kier molecular flexibility index (Phi) is 5.67. The third-order valence-corrected chi connectivity index (χ3v) is 2.91. The van der Waals surface area contributed by atoms with Gasteiger partial charge in [-0.1, -0.05) is 0 Å². The second-order valence-electron chi connectivity index (χ2n) is 4.53. The number of nitrogens with one attached hydrogen (secondary N) is 1. The summed E-state index contributed by atoms with van der Waals surface area (Å²) < 4.78 is 33.8. The number of aromatic hydroxyl groups is 1. The molecule has 0 radical (unpaired) electrons. The van der Waals surface area contributed by atoms with Crippen LogP contribution in [-0.4, -0.2) is 30.9 Å². The Bertz CT molecular complexity index is 733. The monoisotopic (exact) mass is 336 g/mol. The Morgan fingerprint density at radius 2 is 1.92 bits per heavy atom. The first-order valence-electron chi connectivity index (χ1n) is 6.75. The van der Waals surface area contributed by atoms with Crippen molar-refractivity contribution < 1.29 is 28.2 Å². The lowest BCUT2D eigenvalue weighted by atomic mass is 10.2. The van der Waals surface area contributed by atoms with Crippen LogP contribution >= 0.6 is 0 Å². The zero-order valence-electron chi connectivity index (χ0n) is 12.6. The number of halogens is 2. The van der Waals surface area contributed by atoms with E-state index in [0.29, 0.717) is 11.1 Å². The summed E-state index contributed by atoms with van der Waals surface area (Å²) in [6, 6.07) is 9.88. The van der Waals surface area contributed by atoms with Crippen LogP contribution < -0.4 is 14.9 Å². The molecule has 2 aromatic rings. The van der Waals surface area contributed by atoms with Crippen LogP contribution in [-0.2, 0) is 0 Å². The molecule has 0 atom stereocenters. The van der Waals surface area contributed by atoms with E-state index in [1.165, 1.54) is 55.8 Å². The lowest BCUT2D eigenvalue weighted by Crippen LogP contribution is -2.17. The molecule has 1 amide bonds. The van der Waals surface area contributed by atoms with Gasteiger partial charge in [-0.25, -0.2) is 5.43 Å². The smallest absolute Gasteiger partial charge is 0.387 e. The quantitative estimate of drug-likeness (QED) is 0.628. The zero-order valence-corrected chi connectivity index (χ0v) is 12.6. The standard InChI is InChI=1S/C16H14F2N2O4/c1-23-14-8-10(2-7-13(14)24-16(17)18)9-19-20-15(22)11-3-5-12(21)6-4-11/h2-9,16,21H,1H3,(H,20,22). The van der Waals surface area contributed by atoms with Crippen molar-refractivity contribution >= 4 is 12.1 Å². The maximum Gasteiger partial charge on any atom is 0.387 e. The normalized spacial score (nSPS) is 10.8. The van der Waals surface area contributed by atoms with Gasteiger partial charge in [0.25, 0.3) is 5.91 Å². The van der Waals surface area contributed by atoms with Crippen molar-refractivity contribution in [2.24, 2.45) is 5.10 Å². The van der Waals surface area contributed by atoms with E-state index in [1.807, 2.05) is 0 Å². The molecule has 0 aliphatic carbocycles. The number of methoxy groups -OCH3 is 1. The van der Waals surface area contributed by atoms with Crippen molar-refractivity contribution in [3.63, 3.8) is 0 Å². The second-order valence-corrected chi connectivity index (χ2v) is 4.53. The number of nitrogens with zero attached hydrogens (tertiary/aromatic N) is 1. The molecular formula is C16H14F2N2O4. The van der Waals surface area contributed by atoms with Crippen LogP contribution in [0.15, 0.2) is 47.6 Å². The fourth-order valence-corrected chi connectivity index (χ4v) is 1.80. The van der Waals surface area contributed by atoms with E-state index >= 15 is 0 Å². The summed E-state index contributed by atoms with van der Waals surface area (Å²) in [5, 5.41) is 12.9. The van der Waals surface area contributed by atoms with Crippen molar-refractivity contribution in [1.29, 1.82) is 0 Å². The first-order valence-corrected chi connectivity index (χ1v) is 6.75. The number of hydrazone groups is 1. The van der Waals surface area contributed by atoms with Crippen LogP contribution in [0.3, 0.4) is 0 Å². The summed E-state index contributed by atoms with van der Waals surface area (Å²) in [5.41, 5.74) is 3.14. The highest BCUT2D eigenvalue weighted by Crippen LogP contribution is 2.28. The number of carbonyl (C=O) groups is 1. The maximum absolute atomic E-state index is 12.2. The lowest BCUT2D eigenvalue weighted by molar-refractivity contribution is -0.0512. The molecular weight excluding hydrogens is 322 g/mol. The number of benzene rings is 2. The van der Waals surface area contributed by atoms with Crippen LogP contribution in [0, 0.1) is 0 Å². The molecule has 0 unspecified atom stereocenters. The van der Waals surface area contributed by atoms with Crippen LogP contribution in [0.4, 0.5) is 8.78 Å². The van der Waals surface area contributed by atoms with E-state index < -0.39 is 12.5 Å². The van der Waals surface area contributed by atoms with E-state index in [1.54, 1.807) is 0 Å². The minimum Gasteiger partial charge on any atom is -0.508 e. The molecule has 0 heterocycles. The fraction of sp³-hybridized carbons (Fsp3) is 0.125. The molecule has 2 aromatic carbocycles. The number of phenols is 1.